The van der Waals surface area contributed by atoms with Gasteiger partial charge in [0, 0.05) is 25.2 Å². The summed E-state index contributed by atoms with van der Waals surface area (Å²) >= 11 is 0. The van der Waals surface area contributed by atoms with Crippen LogP contribution in [0.25, 0.3) is 11.1 Å². The number of hydrogen-bond acceptors (Lipinski definition) is 5. The topological polar surface area (TPSA) is 76.2 Å². The Balaban J connectivity index is 1.23. The van der Waals surface area contributed by atoms with Gasteiger partial charge in [0.2, 0.25) is 5.91 Å². The number of benzene rings is 2. The van der Waals surface area contributed by atoms with E-state index < -0.39 is 17.7 Å². The summed E-state index contributed by atoms with van der Waals surface area (Å²) in [6.07, 6.45) is 6.76. The van der Waals surface area contributed by atoms with Crippen LogP contribution in [0.5, 0.6) is 0 Å². The van der Waals surface area contributed by atoms with Gasteiger partial charge in [-0.2, -0.15) is 0 Å². The van der Waals surface area contributed by atoms with Crippen molar-refractivity contribution in [3.05, 3.63) is 53.6 Å². The van der Waals surface area contributed by atoms with Crippen molar-refractivity contribution in [2.24, 2.45) is 5.92 Å². The SMILES string of the molecule is COC(=O)CC1CCC(c2ccc(-c3ccc4c(c3)CCN4C(=O)C3CCCN3C(=O)OC(C)(C)C)cc2)CC1. The Hall–Kier alpha value is -3.35. The minimum atomic E-state index is -0.590. The first kappa shape index (κ1) is 28.2. The minimum Gasteiger partial charge on any atom is -0.469 e. The molecule has 2 aliphatic heterocycles. The van der Waals surface area contributed by atoms with E-state index in [1.54, 1.807) is 4.90 Å². The highest BCUT2D eigenvalue weighted by atomic mass is 16.6. The second-order valence-corrected chi connectivity index (χ2v) is 12.5. The van der Waals surface area contributed by atoms with Gasteiger partial charge >= 0.3 is 12.1 Å². The molecule has 0 radical (unpaired) electrons. The third kappa shape index (κ3) is 6.18. The average molecular weight is 547 g/mol. The van der Waals surface area contributed by atoms with E-state index in [0.29, 0.717) is 37.8 Å². The molecule has 0 N–H and O–H groups in total. The lowest BCUT2D eigenvalue weighted by atomic mass is 9.77. The fourth-order valence-electron chi connectivity index (χ4n) is 6.52. The minimum absolute atomic E-state index is 0.0134. The van der Waals surface area contributed by atoms with Gasteiger partial charge in [-0.3, -0.25) is 14.5 Å². The zero-order valence-electron chi connectivity index (χ0n) is 24.3. The molecule has 1 unspecified atom stereocenters. The van der Waals surface area contributed by atoms with Crippen molar-refractivity contribution in [2.75, 3.05) is 25.1 Å². The second kappa shape index (κ2) is 11.6. The highest BCUT2D eigenvalue weighted by molar-refractivity contribution is 6.01. The zero-order chi connectivity index (χ0) is 28.4. The van der Waals surface area contributed by atoms with E-state index in [4.69, 9.17) is 9.47 Å². The molecule has 214 valence electrons. The smallest absolute Gasteiger partial charge is 0.410 e. The molecule has 0 aromatic heterocycles. The molecular weight excluding hydrogens is 504 g/mol. The average Bonchev–Trinajstić information content (AvgIpc) is 3.60. The van der Waals surface area contributed by atoms with Gasteiger partial charge in [0.25, 0.3) is 0 Å². The standard InChI is InChI=1S/C33H42N2O5/c1-33(2,3)40-32(38)35-18-5-6-29(35)31(37)34-19-17-27-21-26(15-16-28(27)34)25-13-11-24(12-14-25)23-9-7-22(8-10-23)20-30(36)39-4/h11-16,21-23,29H,5-10,17-20H2,1-4H3. The maximum Gasteiger partial charge on any atom is 0.410 e. The van der Waals surface area contributed by atoms with Crippen molar-refractivity contribution >= 4 is 23.7 Å². The van der Waals surface area contributed by atoms with Crippen molar-refractivity contribution in [1.82, 2.24) is 4.90 Å². The number of anilines is 1. The fraction of sp³-hybridized carbons (Fsp3) is 0.545. The second-order valence-electron chi connectivity index (χ2n) is 12.5. The molecule has 7 heteroatoms. The van der Waals surface area contributed by atoms with Crippen LogP contribution < -0.4 is 4.90 Å². The third-order valence-corrected chi connectivity index (χ3v) is 8.65. The number of rotatable bonds is 5. The summed E-state index contributed by atoms with van der Waals surface area (Å²) in [5.41, 5.74) is 5.21. The van der Waals surface area contributed by atoms with E-state index in [9.17, 15) is 14.4 Å². The first-order valence-electron chi connectivity index (χ1n) is 14.7. The Morgan fingerprint density at radius 1 is 0.900 bits per heavy atom. The molecule has 40 heavy (non-hydrogen) atoms. The van der Waals surface area contributed by atoms with Crippen molar-refractivity contribution in [1.29, 1.82) is 0 Å². The molecule has 2 aromatic carbocycles. The van der Waals surface area contributed by atoms with Gasteiger partial charge in [0.05, 0.1) is 7.11 Å². The summed E-state index contributed by atoms with van der Waals surface area (Å²) in [5, 5.41) is 0. The first-order chi connectivity index (χ1) is 19.1. The Kier molecular flexibility index (Phi) is 8.20. The number of carbonyl (C=O) groups is 3. The molecule has 0 bridgehead atoms. The molecule has 2 fully saturated rings. The number of carbonyl (C=O) groups excluding carboxylic acids is 3. The molecule has 1 saturated carbocycles. The van der Waals surface area contributed by atoms with Crippen LogP contribution in [-0.4, -0.2) is 54.7 Å². The molecule has 1 atom stereocenters. The van der Waals surface area contributed by atoms with E-state index in [-0.39, 0.29) is 11.9 Å². The monoisotopic (exact) mass is 546 g/mol. The Morgan fingerprint density at radius 2 is 1.60 bits per heavy atom. The molecular formula is C33H42N2O5. The molecule has 2 heterocycles. The predicted octanol–water partition coefficient (Wildman–Crippen LogP) is 6.48. The van der Waals surface area contributed by atoms with Crippen LogP contribution in [0.4, 0.5) is 10.5 Å². The Morgan fingerprint density at radius 3 is 2.27 bits per heavy atom. The van der Waals surface area contributed by atoms with Gasteiger partial charge in [-0.05, 0) is 112 Å². The van der Waals surface area contributed by atoms with Crippen molar-refractivity contribution in [3.8, 4) is 11.1 Å². The van der Waals surface area contributed by atoms with E-state index in [1.165, 1.54) is 23.8 Å². The molecule has 5 rings (SSSR count). The number of hydrogen-bond donors (Lipinski definition) is 0. The van der Waals surface area contributed by atoms with Gasteiger partial charge in [-0.1, -0.05) is 30.3 Å². The normalized spacial score (nSPS) is 22.6. The third-order valence-electron chi connectivity index (χ3n) is 8.65. The van der Waals surface area contributed by atoms with Gasteiger partial charge in [0.15, 0.2) is 0 Å². The summed E-state index contributed by atoms with van der Waals surface area (Å²) in [4.78, 5) is 41.4. The largest absolute Gasteiger partial charge is 0.469 e. The number of amides is 2. The molecule has 1 saturated heterocycles. The summed E-state index contributed by atoms with van der Waals surface area (Å²) in [6.45, 7) is 6.72. The van der Waals surface area contributed by atoms with Gasteiger partial charge < -0.3 is 14.4 Å². The van der Waals surface area contributed by atoms with E-state index >= 15 is 0 Å². The molecule has 7 nitrogen and oxygen atoms in total. The Labute approximate surface area is 237 Å². The molecule has 0 spiro atoms. The van der Waals surface area contributed by atoms with Crippen molar-refractivity contribution in [2.45, 2.75) is 89.7 Å². The lowest BCUT2D eigenvalue weighted by molar-refractivity contribution is -0.142. The molecule has 1 aliphatic carbocycles. The summed E-state index contributed by atoms with van der Waals surface area (Å²) in [5.74, 6) is 0.865. The van der Waals surface area contributed by atoms with E-state index in [1.807, 2.05) is 25.7 Å². The summed E-state index contributed by atoms with van der Waals surface area (Å²) < 4.78 is 10.4. The quantitative estimate of drug-likeness (QED) is 0.401. The van der Waals surface area contributed by atoms with Gasteiger partial charge in [-0.15, -0.1) is 0 Å². The van der Waals surface area contributed by atoms with Gasteiger partial charge in [-0.25, -0.2) is 4.79 Å². The van der Waals surface area contributed by atoms with Crippen LogP contribution in [0.3, 0.4) is 0 Å². The first-order valence-corrected chi connectivity index (χ1v) is 14.7. The van der Waals surface area contributed by atoms with Crippen LogP contribution >= 0.6 is 0 Å². The fourth-order valence-corrected chi connectivity index (χ4v) is 6.52. The molecule has 3 aliphatic rings. The predicted molar refractivity (Wildman–Crippen MR) is 155 cm³/mol. The molecule has 2 aromatic rings. The molecule has 2 amide bonds. The van der Waals surface area contributed by atoms with Crippen molar-refractivity contribution in [3.63, 3.8) is 0 Å². The summed E-state index contributed by atoms with van der Waals surface area (Å²) in [6, 6.07) is 14.8. The number of likely N-dealkylation sites (tertiary alicyclic amines) is 1. The van der Waals surface area contributed by atoms with Crippen LogP contribution in [0.1, 0.15) is 82.8 Å². The van der Waals surface area contributed by atoms with Crippen molar-refractivity contribution < 1.29 is 23.9 Å². The number of ether oxygens (including phenoxy) is 2. The van der Waals surface area contributed by atoms with Crippen LogP contribution in [0.15, 0.2) is 42.5 Å². The lowest BCUT2D eigenvalue weighted by Gasteiger charge is -2.30. The highest BCUT2D eigenvalue weighted by Crippen LogP contribution is 2.39. The number of nitrogens with zero attached hydrogens (tertiary/aromatic N) is 2. The maximum atomic E-state index is 13.6. The number of esters is 1. The van der Waals surface area contributed by atoms with E-state index in [2.05, 4.69) is 42.5 Å². The lowest BCUT2D eigenvalue weighted by Crippen LogP contribution is -2.48. The Bertz CT molecular complexity index is 1240. The number of methoxy groups -OCH3 is 1. The van der Waals surface area contributed by atoms with Crippen LogP contribution in [-0.2, 0) is 25.5 Å². The number of fused-ring (bicyclic) bond motifs is 1. The van der Waals surface area contributed by atoms with Crippen LogP contribution in [0.2, 0.25) is 0 Å². The van der Waals surface area contributed by atoms with Gasteiger partial charge in [0.1, 0.15) is 11.6 Å². The van der Waals surface area contributed by atoms with Crippen LogP contribution in [0, 0.1) is 5.92 Å². The van der Waals surface area contributed by atoms with E-state index in [0.717, 1.165) is 49.8 Å². The highest BCUT2D eigenvalue weighted by Gasteiger charge is 2.40. The summed E-state index contributed by atoms with van der Waals surface area (Å²) in [7, 11) is 1.46. The zero-order valence-corrected chi connectivity index (χ0v) is 24.3. The maximum absolute atomic E-state index is 13.6.